The van der Waals surface area contributed by atoms with Gasteiger partial charge in [-0.2, -0.15) is 5.10 Å². The Morgan fingerprint density at radius 1 is 1.33 bits per heavy atom. The van der Waals surface area contributed by atoms with Crippen molar-refractivity contribution < 1.29 is 24.2 Å². The third-order valence-corrected chi connectivity index (χ3v) is 3.97. The molecule has 1 saturated carbocycles. The summed E-state index contributed by atoms with van der Waals surface area (Å²) in [6.07, 6.45) is 3.77. The minimum Gasteiger partial charge on any atom is -0.481 e. The van der Waals surface area contributed by atoms with Gasteiger partial charge in [0.1, 0.15) is 5.56 Å². The van der Waals surface area contributed by atoms with Gasteiger partial charge in [0.15, 0.2) is 5.82 Å². The fourth-order valence-electron chi connectivity index (χ4n) is 2.75. The molecule has 9 heteroatoms. The quantitative estimate of drug-likeness (QED) is 0.697. The van der Waals surface area contributed by atoms with E-state index in [9.17, 15) is 14.4 Å². The van der Waals surface area contributed by atoms with Crippen LogP contribution in [-0.4, -0.2) is 45.5 Å². The Bertz CT molecular complexity index is 619. The SMILES string of the molecule is CCOC(=O)c1cn(C)nc1NC(=O)NC1CCC(C(=O)O)CC1. The predicted octanol–water partition coefficient (Wildman–Crippen LogP) is 1.36. The highest BCUT2D eigenvalue weighted by molar-refractivity contribution is 5.99. The highest BCUT2D eigenvalue weighted by Gasteiger charge is 2.27. The first-order valence-electron chi connectivity index (χ1n) is 7.91. The van der Waals surface area contributed by atoms with E-state index in [1.807, 2.05) is 0 Å². The molecular formula is C15H22N4O5. The number of nitrogens with zero attached hydrogens (tertiary/aromatic N) is 2. The number of carbonyl (C=O) groups is 3. The van der Waals surface area contributed by atoms with Crippen molar-refractivity contribution in [1.82, 2.24) is 15.1 Å². The summed E-state index contributed by atoms with van der Waals surface area (Å²) in [6, 6.07) is -0.562. The minimum atomic E-state index is -0.787. The van der Waals surface area contributed by atoms with Gasteiger partial charge in [0, 0.05) is 19.3 Å². The lowest BCUT2D eigenvalue weighted by Gasteiger charge is -2.26. The molecule has 0 radical (unpaired) electrons. The number of urea groups is 1. The highest BCUT2D eigenvalue weighted by atomic mass is 16.5. The molecule has 1 aromatic rings. The first kappa shape index (κ1) is 17.8. The minimum absolute atomic E-state index is 0.0876. The van der Waals surface area contributed by atoms with Gasteiger partial charge in [0.25, 0.3) is 0 Å². The maximum atomic E-state index is 12.1. The summed E-state index contributed by atoms with van der Waals surface area (Å²) in [4.78, 5) is 34.9. The molecule has 0 unspecified atom stereocenters. The highest BCUT2D eigenvalue weighted by Crippen LogP contribution is 2.24. The van der Waals surface area contributed by atoms with E-state index in [2.05, 4.69) is 15.7 Å². The molecule has 1 heterocycles. The van der Waals surface area contributed by atoms with Crippen LogP contribution in [0.15, 0.2) is 6.20 Å². The number of hydrogen-bond acceptors (Lipinski definition) is 5. The molecule has 9 nitrogen and oxygen atoms in total. The summed E-state index contributed by atoms with van der Waals surface area (Å²) in [5.74, 6) is -1.54. The summed E-state index contributed by atoms with van der Waals surface area (Å²) in [6.45, 7) is 1.92. The Morgan fingerprint density at radius 3 is 2.58 bits per heavy atom. The normalized spacial score (nSPS) is 20.2. The number of anilines is 1. The summed E-state index contributed by atoms with van der Waals surface area (Å²) in [7, 11) is 1.64. The first-order chi connectivity index (χ1) is 11.4. The van der Waals surface area contributed by atoms with Crippen molar-refractivity contribution >= 4 is 23.8 Å². The Balaban J connectivity index is 1.91. The molecule has 24 heavy (non-hydrogen) atoms. The molecule has 1 fully saturated rings. The van der Waals surface area contributed by atoms with E-state index in [4.69, 9.17) is 9.84 Å². The van der Waals surface area contributed by atoms with Crippen LogP contribution in [-0.2, 0) is 16.6 Å². The number of carboxylic acids is 1. The zero-order valence-electron chi connectivity index (χ0n) is 13.7. The number of carbonyl (C=O) groups excluding carboxylic acids is 2. The van der Waals surface area contributed by atoms with E-state index < -0.39 is 18.0 Å². The van der Waals surface area contributed by atoms with Crippen LogP contribution in [0.5, 0.6) is 0 Å². The van der Waals surface area contributed by atoms with Crippen LogP contribution in [0.3, 0.4) is 0 Å². The fourth-order valence-corrected chi connectivity index (χ4v) is 2.75. The van der Waals surface area contributed by atoms with Gasteiger partial charge >= 0.3 is 18.0 Å². The van der Waals surface area contributed by atoms with E-state index in [0.29, 0.717) is 25.7 Å². The van der Waals surface area contributed by atoms with Gasteiger partial charge in [-0.05, 0) is 32.6 Å². The second kappa shape index (κ2) is 7.80. The molecular weight excluding hydrogens is 316 g/mol. The van der Waals surface area contributed by atoms with E-state index in [0.717, 1.165) is 0 Å². The number of aryl methyl sites for hydroxylation is 1. The van der Waals surface area contributed by atoms with Crippen LogP contribution in [0.2, 0.25) is 0 Å². The number of esters is 1. The van der Waals surface area contributed by atoms with Gasteiger partial charge in [0.2, 0.25) is 0 Å². The number of aromatic nitrogens is 2. The Hall–Kier alpha value is -2.58. The molecule has 1 aliphatic rings. The average molecular weight is 338 g/mol. The summed E-state index contributed by atoms with van der Waals surface area (Å²) >= 11 is 0. The van der Waals surface area contributed by atoms with Crippen LogP contribution in [0.1, 0.15) is 43.0 Å². The standard InChI is InChI=1S/C15H22N4O5/c1-3-24-14(22)11-8-19(2)18-12(11)17-15(23)16-10-6-4-9(5-7-10)13(20)21/h8-10H,3-7H2,1-2H3,(H,20,21)(H2,16,17,18,23). The molecule has 0 saturated heterocycles. The fraction of sp³-hybridized carbons (Fsp3) is 0.600. The van der Waals surface area contributed by atoms with Crippen LogP contribution < -0.4 is 10.6 Å². The average Bonchev–Trinajstić information content (AvgIpc) is 2.88. The van der Waals surface area contributed by atoms with E-state index in [1.54, 1.807) is 14.0 Å². The van der Waals surface area contributed by atoms with Crippen molar-refractivity contribution in [2.24, 2.45) is 13.0 Å². The molecule has 0 aliphatic heterocycles. The zero-order valence-corrected chi connectivity index (χ0v) is 13.7. The first-order valence-corrected chi connectivity index (χ1v) is 7.91. The molecule has 132 valence electrons. The predicted molar refractivity (Wildman–Crippen MR) is 84.7 cm³/mol. The van der Waals surface area contributed by atoms with E-state index >= 15 is 0 Å². The maximum absolute atomic E-state index is 12.1. The van der Waals surface area contributed by atoms with Crippen molar-refractivity contribution in [3.05, 3.63) is 11.8 Å². The summed E-state index contributed by atoms with van der Waals surface area (Å²) in [5.41, 5.74) is 0.184. The van der Waals surface area contributed by atoms with Crippen molar-refractivity contribution in [1.29, 1.82) is 0 Å². The lowest BCUT2D eigenvalue weighted by molar-refractivity contribution is -0.142. The summed E-state index contributed by atoms with van der Waals surface area (Å²) in [5, 5.41) is 18.4. The second-order valence-electron chi connectivity index (χ2n) is 5.77. The Kier molecular flexibility index (Phi) is 5.78. The van der Waals surface area contributed by atoms with E-state index in [1.165, 1.54) is 10.9 Å². The van der Waals surface area contributed by atoms with Crippen molar-refractivity contribution in [3.63, 3.8) is 0 Å². The van der Waals surface area contributed by atoms with Crippen LogP contribution >= 0.6 is 0 Å². The third kappa shape index (κ3) is 4.46. The number of rotatable bonds is 5. The molecule has 0 bridgehead atoms. The maximum Gasteiger partial charge on any atom is 0.343 e. The topological polar surface area (TPSA) is 123 Å². The van der Waals surface area contributed by atoms with Gasteiger partial charge in [-0.25, -0.2) is 9.59 Å². The molecule has 0 aromatic carbocycles. The molecule has 3 N–H and O–H groups in total. The Labute approximate surface area is 139 Å². The molecule has 2 amide bonds. The smallest absolute Gasteiger partial charge is 0.343 e. The van der Waals surface area contributed by atoms with E-state index in [-0.39, 0.29) is 29.9 Å². The molecule has 0 spiro atoms. The lowest BCUT2D eigenvalue weighted by atomic mass is 9.86. The van der Waals surface area contributed by atoms with Gasteiger partial charge in [-0.1, -0.05) is 0 Å². The van der Waals surface area contributed by atoms with Crippen molar-refractivity contribution in [2.75, 3.05) is 11.9 Å². The number of hydrogen-bond donors (Lipinski definition) is 3. The van der Waals surface area contributed by atoms with Crippen molar-refractivity contribution in [3.8, 4) is 0 Å². The molecule has 1 aromatic heterocycles. The molecule has 2 rings (SSSR count). The number of carboxylic acid groups (broad SMARTS) is 1. The van der Waals surface area contributed by atoms with Gasteiger partial charge in [-0.15, -0.1) is 0 Å². The monoisotopic (exact) mass is 338 g/mol. The molecule has 0 atom stereocenters. The number of nitrogens with one attached hydrogen (secondary N) is 2. The zero-order chi connectivity index (χ0) is 17.7. The number of ether oxygens (including phenoxy) is 1. The van der Waals surface area contributed by atoms with Crippen LogP contribution in [0.4, 0.5) is 10.6 Å². The number of aliphatic carboxylic acids is 1. The van der Waals surface area contributed by atoms with Crippen LogP contribution in [0.25, 0.3) is 0 Å². The lowest BCUT2D eigenvalue weighted by Crippen LogP contribution is -2.41. The Morgan fingerprint density at radius 2 is 2.00 bits per heavy atom. The van der Waals surface area contributed by atoms with Crippen LogP contribution in [0, 0.1) is 5.92 Å². The van der Waals surface area contributed by atoms with Crippen molar-refractivity contribution in [2.45, 2.75) is 38.6 Å². The summed E-state index contributed by atoms with van der Waals surface area (Å²) < 4.78 is 6.34. The third-order valence-electron chi connectivity index (χ3n) is 3.97. The number of amides is 2. The second-order valence-corrected chi connectivity index (χ2v) is 5.77. The van der Waals surface area contributed by atoms with Gasteiger partial charge in [-0.3, -0.25) is 14.8 Å². The largest absolute Gasteiger partial charge is 0.481 e. The molecule has 1 aliphatic carbocycles. The van der Waals surface area contributed by atoms with Gasteiger partial charge in [0.05, 0.1) is 12.5 Å². The van der Waals surface area contributed by atoms with Gasteiger partial charge < -0.3 is 15.2 Å².